The van der Waals surface area contributed by atoms with Gasteiger partial charge >= 0.3 is 51.4 Å². The van der Waals surface area contributed by atoms with E-state index in [9.17, 15) is 0 Å². The Bertz CT molecular complexity index is 23.7. The number of nitrogens with zero attached hydrogens (tertiary/aromatic N) is 1. The molecule has 0 N–H and O–H groups in total. The molecule has 0 aromatic carbocycles. The molecule has 0 bridgehead atoms. The molecule has 0 radical (unpaired) electrons. The number of rotatable bonds is 3. The molecule has 0 aliphatic heterocycles. The Morgan fingerprint density at radius 3 is 2.29 bits per heavy atom. The average Bonchev–Trinajstić information content (AvgIpc) is 1.61. The van der Waals surface area contributed by atoms with E-state index < -0.39 is 0 Å². The van der Waals surface area contributed by atoms with Crippen LogP contribution in [0.5, 0.6) is 0 Å². The van der Waals surface area contributed by atoms with E-state index in [0.29, 0.717) is 0 Å². The molecule has 7 heavy (non-hydrogen) atoms. The molecule has 0 heterocycles. The van der Waals surface area contributed by atoms with Crippen LogP contribution in [0, 0.1) is 0 Å². The molecule has 0 amide bonds. The minimum absolute atomic E-state index is 0. The summed E-state index contributed by atoms with van der Waals surface area (Å²) in [7, 11) is 3.45. The second-order valence-corrected chi connectivity index (χ2v) is 1.03. The Hall–Kier alpha value is 1.56. The number of hydrogen-bond acceptors (Lipinski definition) is 1. The van der Waals surface area contributed by atoms with Crippen molar-refractivity contribution in [3.8, 4) is 0 Å². The summed E-state index contributed by atoms with van der Waals surface area (Å²) in [5.74, 6) is 0. The number of hydrogen-bond donors (Lipinski definition) is 0. The predicted molar refractivity (Wildman–Crippen MR) is 26.0 cm³/mol. The van der Waals surface area contributed by atoms with Gasteiger partial charge in [0.25, 0.3) is 0 Å². The van der Waals surface area contributed by atoms with Crippen LogP contribution in [-0.2, 0) is 4.74 Å². The van der Waals surface area contributed by atoms with Gasteiger partial charge in [0, 0.05) is 13.7 Å². The third-order valence-corrected chi connectivity index (χ3v) is 0.519. The first-order valence-electron chi connectivity index (χ1n) is 1.96. The second kappa shape index (κ2) is 10.5. The normalized spacial score (nSPS) is 7.71. The Labute approximate surface area is 87.4 Å². The molecule has 0 atom stereocenters. The zero-order valence-electron chi connectivity index (χ0n) is 5.27. The Kier molecular flexibility index (Phi) is 17.1. The minimum atomic E-state index is 0. The SMILES string of the molecule is C[N-]CCOC.[K+]. The molecule has 0 aromatic heterocycles. The fourth-order valence-electron chi connectivity index (χ4n) is 0.183. The molecular weight excluding hydrogens is 117 g/mol. The zero-order valence-corrected chi connectivity index (χ0v) is 8.39. The monoisotopic (exact) mass is 127 g/mol. The third kappa shape index (κ3) is 11.2. The molecule has 3 heteroatoms. The van der Waals surface area contributed by atoms with Gasteiger partial charge in [0.1, 0.15) is 0 Å². The topological polar surface area (TPSA) is 23.3 Å². The summed E-state index contributed by atoms with van der Waals surface area (Å²) >= 11 is 0. The van der Waals surface area contributed by atoms with E-state index in [2.05, 4.69) is 10.1 Å². The third-order valence-electron chi connectivity index (χ3n) is 0.519. The first-order chi connectivity index (χ1) is 2.91. The quantitative estimate of drug-likeness (QED) is 0.307. The first-order valence-corrected chi connectivity index (χ1v) is 1.96. The van der Waals surface area contributed by atoms with Crippen LogP contribution in [-0.4, -0.2) is 27.3 Å². The van der Waals surface area contributed by atoms with Crippen molar-refractivity contribution in [1.82, 2.24) is 0 Å². The van der Waals surface area contributed by atoms with Crippen molar-refractivity contribution < 1.29 is 56.1 Å². The van der Waals surface area contributed by atoms with Gasteiger partial charge in [0.15, 0.2) is 0 Å². The molecule has 0 saturated carbocycles. The number of methoxy groups -OCH3 is 1. The van der Waals surface area contributed by atoms with E-state index in [0.717, 1.165) is 13.2 Å². The summed E-state index contributed by atoms with van der Waals surface area (Å²) < 4.78 is 4.69. The van der Waals surface area contributed by atoms with E-state index in [1.165, 1.54) is 0 Å². The fraction of sp³-hybridized carbons (Fsp3) is 1.00. The zero-order chi connectivity index (χ0) is 4.83. The summed E-state index contributed by atoms with van der Waals surface area (Å²) in [6.45, 7) is 1.56. The predicted octanol–water partition coefficient (Wildman–Crippen LogP) is -2.36. The van der Waals surface area contributed by atoms with E-state index in [1.54, 1.807) is 14.2 Å². The second-order valence-electron chi connectivity index (χ2n) is 1.03. The van der Waals surface area contributed by atoms with Gasteiger partial charge in [0.05, 0.1) is 0 Å². The van der Waals surface area contributed by atoms with Crippen molar-refractivity contribution in [1.29, 1.82) is 0 Å². The van der Waals surface area contributed by atoms with E-state index >= 15 is 0 Å². The van der Waals surface area contributed by atoms with E-state index in [-0.39, 0.29) is 51.4 Å². The van der Waals surface area contributed by atoms with Gasteiger partial charge in [-0.15, -0.1) is 6.54 Å². The van der Waals surface area contributed by atoms with Gasteiger partial charge in [-0.05, 0) is 0 Å². The molecule has 0 aliphatic carbocycles. The van der Waals surface area contributed by atoms with Gasteiger partial charge in [-0.3, -0.25) is 0 Å². The van der Waals surface area contributed by atoms with Crippen LogP contribution in [0.2, 0.25) is 0 Å². The van der Waals surface area contributed by atoms with Gasteiger partial charge in [-0.2, -0.15) is 7.05 Å². The molecule has 0 unspecified atom stereocenters. The van der Waals surface area contributed by atoms with Crippen LogP contribution in [0.3, 0.4) is 0 Å². The number of likely N-dealkylation sites (N-methyl/N-ethyl adjacent to an activating group) is 1. The maximum atomic E-state index is 4.69. The molecule has 0 aromatic rings. The molecule has 2 nitrogen and oxygen atoms in total. The van der Waals surface area contributed by atoms with Crippen LogP contribution >= 0.6 is 0 Å². The van der Waals surface area contributed by atoms with Crippen molar-refractivity contribution in [2.24, 2.45) is 0 Å². The minimum Gasteiger partial charge on any atom is -0.663 e. The summed E-state index contributed by atoms with van der Waals surface area (Å²) in [5.41, 5.74) is 0. The van der Waals surface area contributed by atoms with Crippen LogP contribution in [0.1, 0.15) is 0 Å². The van der Waals surface area contributed by atoms with Crippen LogP contribution in [0.15, 0.2) is 0 Å². The number of ether oxygens (including phenoxy) is 1. The van der Waals surface area contributed by atoms with Gasteiger partial charge in [-0.25, -0.2) is 0 Å². The molecular formula is C4H10KNO. The molecule has 0 saturated heterocycles. The maximum absolute atomic E-state index is 4.69. The Balaban J connectivity index is 0. The largest absolute Gasteiger partial charge is 1.00 e. The standard InChI is InChI=1S/C4H10NO.K/c1-5-3-4-6-2;/h3-4H2,1-2H3;/q-1;+1. The molecule has 0 fully saturated rings. The molecule has 0 aliphatic rings. The smallest absolute Gasteiger partial charge is 0.663 e. The van der Waals surface area contributed by atoms with Crippen molar-refractivity contribution in [3.63, 3.8) is 0 Å². The maximum Gasteiger partial charge on any atom is 1.00 e. The Morgan fingerprint density at radius 2 is 2.14 bits per heavy atom. The van der Waals surface area contributed by atoms with Gasteiger partial charge in [-0.1, -0.05) is 0 Å². The molecule has 0 spiro atoms. The Morgan fingerprint density at radius 1 is 1.57 bits per heavy atom. The van der Waals surface area contributed by atoms with Crippen molar-refractivity contribution in [2.45, 2.75) is 0 Å². The van der Waals surface area contributed by atoms with Crippen molar-refractivity contribution in [3.05, 3.63) is 5.32 Å². The van der Waals surface area contributed by atoms with Crippen molar-refractivity contribution in [2.75, 3.05) is 27.3 Å². The molecule has 0 rings (SSSR count). The van der Waals surface area contributed by atoms with Crippen molar-refractivity contribution >= 4 is 0 Å². The van der Waals surface area contributed by atoms with E-state index in [4.69, 9.17) is 0 Å². The fourth-order valence-corrected chi connectivity index (χ4v) is 0.183. The van der Waals surface area contributed by atoms with E-state index in [1.807, 2.05) is 0 Å². The summed E-state index contributed by atoms with van der Waals surface area (Å²) in [4.78, 5) is 0. The van der Waals surface area contributed by atoms with Crippen LogP contribution < -0.4 is 51.4 Å². The van der Waals surface area contributed by atoms with Crippen LogP contribution in [0.4, 0.5) is 0 Å². The van der Waals surface area contributed by atoms with Gasteiger partial charge in [0.2, 0.25) is 0 Å². The summed E-state index contributed by atoms with van der Waals surface area (Å²) in [5, 5.41) is 3.80. The van der Waals surface area contributed by atoms with Crippen LogP contribution in [0.25, 0.3) is 5.32 Å². The molecule has 38 valence electrons. The summed E-state index contributed by atoms with van der Waals surface area (Å²) in [6.07, 6.45) is 0. The van der Waals surface area contributed by atoms with Gasteiger partial charge < -0.3 is 10.1 Å². The average molecular weight is 127 g/mol. The first kappa shape index (κ1) is 11.4. The summed E-state index contributed by atoms with van der Waals surface area (Å²) in [6, 6.07) is 0.